The van der Waals surface area contributed by atoms with Gasteiger partial charge in [0.15, 0.2) is 0 Å². The highest BCUT2D eigenvalue weighted by molar-refractivity contribution is 5.02. The standard InChI is InChI=1S/C8H13N2/c1-2-7-6-9-5-3-8(7)10-4-1/h3,5,7-9H,1-2,4,6H2. The predicted molar refractivity (Wildman–Crippen MR) is 40.7 cm³/mol. The zero-order valence-corrected chi connectivity index (χ0v) is 6.09. The number of piperidine rings is 1. The van der Waals surface area contributed by atoms with Gasteiger partial charge in [0.2, 0.25) is 0 Å². The molecule has 0 aromatic rings. The summed E-state index contributed by atoms with van der Waals surface area (Å²) in [5.74, 6) is 0.791. The molecular formula is C8H13N2. The van der Waals surface area contributed by atoms with Crippen molar-refractivity contribution in [1.29, 1.82) is 0 Å². The molecule has 55 valence electrons. The second kappa shape index (κ2) is 2.62. The first-order chi connectivity index (χ1) is 4.97. The van der Waals surface area contributed by atoms with Crippen molar-refractivity contribution in [2.24, 2.45) is 5.92 Å². The number of nitrogens with one attached hydrogen (secondary N) is 1. The van der Waals surface area contributed by atoms with Crippen LogP contribution in [0.1, 0.15) is 12.8 Å². The van der Waals surface area contributed by atoms with Crippen LogP contribution in [-0.4, -0.2) is 19.1 Å². The van der Waals surface area contributed by atoms with E-state index in [0.717, 1.165) is 19.0 Å². The highest BCUT2D eigenvalue weighted by Gasteiger charge is 2.24. The van der Waals surface area contributed by atoms with Crippen molar-refractivity contribution in [3.8, 4) is 0 Å². The number of rotatable bonds is 0. The van der Waals surface area contributed by atoms with Crippen molar-refractivity contribution >= 4 is 0 Å². The summed E-state index contributed by atoms with van der Waals surface area (Å²) in [5.41, 5.74) is 0. The molecule has 2 atom stereocenters. The van der Waals surface area contributed by atoms with E-state index in [1.807, 2.05) is 6.20 Å². The summed E-state index contributed by atoms with van der Waals surface area (Å²) < 4.78 is 0. The van der Waals surface area contributed by atoms with E-state index >= 15 is 0 Å². The van der Waals surface area contributed by atoms with Gasteiger partial charge in [-0.25, -0.2) is 5.32 Å². The lowest BCUT2D eigenvalue weighted by molar-refractivity contribution is 0.300. The molecule has 2 unspecified atom stereocenters. The maximum atomic E-state index is 4.52. The zero-order chi connectivity index (χ0) is 6.81. The Morgan fingerprint density at radius 3 is 3.40 bits per heavy atom. The molecule has 0 amide bonds. The van der Waals surface area contributed by atoms with Gasteiger partial charge >= 0.3 is 0 Å². The summed E-state index contributed by atoms with van der Waals surface area (Å²) >= 11 is 0. The van der Waals surface area contributed by atoms with Crippen LogP contribution in [0.2, 0.25) is 0 Å². The van der Waals surface area contributed by atoms with Crippen LogP contribution in [-0.2, 0) is 0 Å². The molecular weight excluding hydrogens is 124 g/mol. The molecule has 2 rings (SSSR count). The number of nitrogens with zero attached hydrogens (tertiary/aromatic N) is 1. The maximum Gasteiger partial charge on any atom is 0.0487 e. The Morgan fingerprint density at radius 1 is 1.50 bits per heavy atom. The van der Waals surface area contributed by atoms with E-state index in [9.17, 15) is 0 Å². The van der Waals surface area contributed by atoms with Gasteiger partial charge in [-0.15, -0.1) is 0 Å². The van der Waals surface area contributed by atoms with Gasteiger partial charge < -0.3 is 5.32 Å². The van der Waals surface area contributed by atoms with E-state index in [2.05, 4.69) is 16.7 Å². The molecule has 1 N–H and O–H groups in total. The van der Waals surface area contributed by atoms with Crippen molar-refractivity contribution in [2.75, 3.05) is 13.1 Å². The Kier molecular flexibility index (Phi) is 1.63. The monoisotopic (exact) mass is 137 g/mol. The molecule has 0 aliphatic carbocycles. The SMILES string of the molecule is C1=CC2[N]CCCC2CN1. The summed E-state index contributed by atoms with van der Waals surface area (Å²) in [5, 5.41) is 7.77. The third kappa shape index (κ3) is 1.03. The molecule has 10 heavy (non-hydrogen) atoms. The number of fused-ring (bicyclic) bond motifs is 1. The molecule has 1 saturated heterocycles. The molecule has 0 spiro atoms. The smallest absolute Gasteiger partial charge is 0.0487 e. The van der Waals surface area contributed by atoms with Crippen LogP contribution in [0.25, 0.3) is 0 Å². The van der Waals surface area contributed by atoms with Gasteiger partial charge in [-0.05, 0) is 31.0 Å². The Balaban J connectivity index is 2.03. The summed E-state index contributed by atoms with van der Waals surface area (Å²) in [7, 11) is 0. The van der Waals surface area contributed by atoms with E-state index in [1.54, 1.807) is 0 Å². The molecule has 2 nitrogen and oxygen atoms in total. The molecule has 2 aliphatic rings. The van der Waals surface area contributed by atoms with Crippen molar-refractivity contribution < 1.29 is 0 Å². The number of hydrogen-bond donors (Lipinski definition) is 1. The lowest BCUT2D eigenvalue weighted by Gasteiger charge is -2.31. The quantitative estimate of drug-likeness (QED) is 0.516. The summed E-state index contributed by atoms with van der Waals surface area (Å²) in [6.45, 7) is 2.20. The third-order valence-corrected chi connectivity index (χ3v) is 2.35. The summed E-state index contributed by atoms with van der Waals surface area (Å²) in [6.07, 6.45) is 6.87. The van der Waals surface area contributed by atoms with Gasteiger partial charge in [0.05, 0.1) is 0 Å². The van der Waals surface area contributed by atoms with Crippen LogP contribution < -0.4 is 10.6 Å². The van der Waals surface area contributed by atoms with Gasteiger partial charge in [-0.3, -0.25) is 0 Å². The fraction of sp³-hybridized carbons (Fsp3) is 0.750. The van der Waals surface area contributed by atoms with Crippen LogP contribution in [0, 0.1) is 5.92 Å². The molecule has 1 fully saturated rings. The average Bonchev–Trinajstić information content (AvgIpc) is 2.05. The first-order valence-electron chi connectivity index (χ1n) is 4.03. The van der Waals surface area contributed by atoms with E-state index in [4.69, 9.17) is 0 Å². The van der Waals surface area contributed by atoms with Gasteiger partial charge in [0.25, 0.3) is 0 Å². The highest BCUT2D eigenvalue weighted by atomic mass is 15.0. The van der Waals surface area contributed by atoms with Crippen molar-refractivity contribution in [3.63, 3.8) is 0 Å². The second-order valence-electron chi connectivity index (χ2n) is 3.07. The fourth-order valence-corrected chi connectivity index (χ4v) is 1.74. The van der Waals surface area contributed by atoms with Crippen LogP contribution in [0.3, 0.4) is 0 Å². The molecule has 2 aliphatic heterocycles. The predicted octanol–water partition coefficient (Wildman–Crippen LogP) is 0.486. The van der Waals surface area contributed by atoms with E-state index in [0.29, 0.717) is 6.04 Å². The third-order valence-electron chi connectivity index (χ3n) is 2.35. The average molecular weight is 137 g/mol. The van der Waals surface area contributed by atoms with Gasteiger partial charge in [0, 0.05) is 19.1 Å². The molecule has 1 radical (unpaired) electrons. The van der Waals surface area contributed by atoms with E-state index < -0.39 is 0 Å². The normalized spacial score (nSPS) is 38.4. The van der Waals surface area contributed by atoms with Gasteiger partial charge in [-0.1, -0.05) is 0 Å². The van der Waals surface area contributed by atoms with E-state index in [-0.39, 0.29) is 0 Å². The van der Waals surface area contributed by atoms with Crippen LogP contribution in [0.4, 0.5) is 0 Å². The fourth-order valence-electron chi connectivity index (χ4n) is 1.74. The molecule has 2 heteroatoms. The lowest BCUT2D eigenvalue weighted by Crippen LogP contribution is -2.42. The van der Waals surface area contributed by atoms with Gasteiger partial charge in [-0.2, -0.15) is 0 Å². The molecule has 2 heterocycles. The Bertz CT molecular complexity index is 142. The topological polar surface area (TPSA) is 26.1 Å². The lowest BCUT2D eigenvalue weighted by atomic mass is 9.89. The minimum atomic E-state index is 0.537. The van der Waals surface area contributed by atoms with Crippen molar-refractivity contribution in [1.82, 2.24) is 10.6 Å². The van der Waals surface area contributed by atoms with Crippen molar-refractivity contribution in [3.05, 3.63) is 12.3 Å². The second-order valence-corrected chi connectivity index (χ2v) is 3.07. The first kappa shape index (κ1) is 6.23. The minimum Gasteiger partial charge on any atom is -0.391 e. The molecule has 0 aromatic heterocycles. The summed E-state index contributed by atoms with van der Waals surface area (Å²) in [4.78, 5) is 0. The van der Waals surface area contributed by atoms with Crippen LogP contribution >= 0.6 is 0 Å². The Morgan fingerprint density at radius 2 is 2.50 bits per heavy atom. The molecule has 0 bridgehead atoms. The van der Waals surface area contributed by atoms with Crippen LogP contribution in [0.5, 0.6) is 0 Å². The first-order valence-corrected chi connectivity index (χ1v) is 4.03. The van der Waals surface area contributed by atoms with E-state index in [1.165, 1.54) is 12.8 Å². The molecule has 0 aromatic carbocycles. The summed E-state index contributed by atoms with van der Waals surface area (Å²) in [6, 6.07) is 0.537. The maximum absolute atomic E-state index is 4.52. The number of hydrogen-bond acceptors (Lipinski definition) is 1. The Labute approximate surface area is 61.7 Å². The molecule has 0 saturated carbocycles. The minimum absolute atomic E-state index is 0.537. The zero-order valence-electron chi connectivity index (χ0n) is 6.09. The van der Waals surface area contributed by atoms with Crippen LogP contribution in [0.15, 0.2) is 12.3 Å². The highest BCUT2D eigenvalue weighted by Crippen LogP contribution is 2.19. The van der Waals surface area contributed by atoms with Crippen molar-refractivity contribution in [2.45, 2.75) is 18.9 Å². The Hall–Kier alpha value is -0.500. The largest absolute Gasteiger partial charge is 0.391 e. The van der Waals surface area contributed by atoms with Gasteiger partial charge in [0.1, 0.15) is 0 Å².